The molecule has 0 aromatic heterocycles. The van der Waals surface area contributed by atoms with Crippen molar-refractivity contribution in [1.82, 2.24) is 10.6 Å². The van der Waals surface area contributed by atoms with E-state index in [9.17, 15) is 14.7 Å². The van der Waals surface area contributed by atoms with Gasteiger partial charge in [0.1, 0.15) is 0 Å². The standard InChI is InChI=1S/C15H28N2O3/c1-14(2,13(19)20)15(3,4)17-12(18)9-8-11-7-5-6-10-16-11/h11,16H,5-10H2,1-4H3,(H,17,18)(H,19,20). The summed E-state index contributed by atoms with van der Waals surface area (Å²) in [5.74, 6) is -0.978. The first-order valence-electron chi connectivity index (χ1n) is 7.44. The largest absolute Gasteiger partial charge is 0.481 e. The van der Waals surface area contributed by atoms with Crippen LogP contribution in [-0.2, 0) is 9.59 Å². The summed E-state index contributed by atoms with van der Waals surface area (Å²) < 4.78 is 0. The zero-order valence-corrected chi connectivity index (χ0v) is 13.1. The number of rotatable bonds is 6. The van der Waals surface area contributed by atoms with Crippen molar-refractivity contribution >= 4 is 11.9 Å². The van der Waals surface area contributed by atoms with Crippen molar-refractivity contribution in [3.63, 3.8) is 0 Å². The van der Waals surface area contributed by atoms with E-state index in [4.69, 9.17) is 0 Å². The predicted molar refractivity (Wildman–Crippen MR) is 78.5 cm³/mol. The van der Waals surface area contributed by atoms with Crippen LogP contribution in [0.1, 0.15) is 59.8 Å². The molecule has 1 rings (SSSR count). The fourth-order valence-electron chi connectivity index (χ4n) is 2.31. The first-order chi connectivity index (χ1) is 9.17. The summed E-state index contributed by atoms with van der Waals surface area (Å²) in [5.41, 5.74) is -1.79. The van der Waals surface area contributed by atoms with Gasteiger partial charge >= 0.3 is 5.97 Å². The lowest BCUT2D eigenvalue weighted by molar-refractivity contribution is -0.151. The third kappa shape index (κ3) is 4.20. The summed E-state index contributed by atoms with van der Waals surface area (Å²) in [4.78, 5) is 23.3. The van der Waals surface area contributed by atoms with Gasteiger partial charge in [-0.15, -0.1) is 0 Å². The van der Waals surface area contributed by atoms with Crippen molar-refractivity contribution in [2.75, 3.05) is 6.54 Å². The molecule has 0 spiro atoms. The molecule has 1 amide bonds. The molecule has 1 saturated heterocycles. The Bertz CT molecular complexity index is 358. The molecule has 0 bridgehead atoms. The summed E-state index contributed by atoms with van der Waals surface area (Å²) in [6.45, 7) is 7.83. The summed E-state index contributed by atoms with van der Waals surface area (Å²) in [5, 5.41) is 15.5. The first-order valence-corrected chi connectivity index (χ1v) is 7.44. The van der Waals surface area contributed by atoms with E-state index in [2.05, 4.69) is 10.6 Å². The highest BCUT2D eigenvalue weighted by molar-refractivity contribution is 5.80. The van der Waals surface area contributed by atoms with Crippen LogP contribution in [0, 0.1) is 5.41 Å². The van der Waals surface area contributed by atoms with Gasteiger partial charge in [0.25, 0.3) is 0 Å². The van der Waals surface area contributed by atoms with E-state index < -0.39 is 16.9 Å². The van der Waals surface area contributed by atoms with Crippen molar-refractivity contribution in [2.45, 2.75) is 71.4 Å². The number of carbonyl (C=O) groups excluding carboxylic acids is 1. The topological polar surface area (TPSA) is 78.4 Å². The Balaban J connectivity index is 2.46. The number of nitrogens with one attached hydrogen (secondary N) is 2. The van der Waals surface area contributed by atoms with Crippen LogP contribution in [0.2, 0.25) is 0 Å². The normalized spacial score (nSPS) is 20.5. The molecule has 1 atom stereocenters. The molecule has 1 aliphatic heterocycles. The molecule has 1 aliphatic rings. The smallest absolute Gasteiger partial charge is 0.311 e. The maximum atomic E-state index is 12.0. The Labute approximate surface area is 121 Å². The Hall–Kier alpha value is -1.10. The Morgan fingerprint density at radius 1 is 1.25 bits per heavy atom. The molecule has 5 nitrogen and oxygen atoms in total. The highest BCUT2D eigenvalue weighted by Gasteiger charge is 2.44. The van der Waals surface area contributed by atoms with Gasteiger partial charge in [0.15, 0.2) is 0 Å². The van der Waals surface area contributed by atoms with E-state index in [0.717, 1.165) is 19.4 Å². The fraction of sp³-hybridized carbons (Fsp3) is 0.867. The van der Waals surface area contributed by atoms with Gasteiger partial charge in [-0.3, -0.25) is 9.59 Å². The zero-order chi connectivity index (χ0) is 15.4. The number of carbonyl (C=O) groups is 2. The fourth-order valence-corrected chi connectivity index (χ4v) is 2.31. The molecule has 1 heterocycles. The maximum Gasteiger partial charge on any atom is 0.311 e. The number of piperidine rings is 1. The van der Waals surface area contributed by atoms with Gasteiger partial charge in [0.2, 0.25) is 5.91 Å². The molecule has 0 aromatic rings. The molecule has 5 heteroatoms. The molecule has 20 heavy (non-hydrogen) atoms. The highest BCUT2D eigenvalue weighted by Crippen LogP contribution is 2.30. The van der Waals surface area contributed by atoms with E-state index in [1.54, 1.807) is 27.7 Å². The summed E-state index contributed by atoms with van der Waals surface area (Å²) in [7, 11) is 0. The zero-order valence-electron chi connectivity index (χ0n) is 13.1. The van der Waals surface area contributed by atoms with Crippen molar-refractivity contribution in [3.05, 3.63) is 0 Å². The minimum absolute atomic E-state index is 0.0725. The first kappa shape index (κ1) is 17.0. The average Bonchev–Trinajstić information content (AvgIpc) is 2.36. The molecule has 1 unspecified atom stereocenters. The van der Waals surface area contributed by atoms with Gasteiger partial charge in [0, 0.05) is 18.0 Å². The number of aliphatic carboxylic acids is 1. The number of hydrogen-bond donors (Lipinski definition) is 3. The third-order valence-electron chi connectivity index (χ3n) is 4.68. The van der Waals surface area contributed by atoms with Crippen molar-refractivity contribution < 1.29 is 14.7 Å². The Morgan fingerprint density at radius 3 is 2.40 bits per heavy atom. The van der Waals surface area contributed by atoms with E-state index >= 15 is 0 Å². The van der Waals surface area contributed by atoms with Gasteiger partial charge in [0.05, 0.1) is 5.41 Å². The van der Waals surface area contributed by atoms with Crippen molar-refractivity contribution in [2.24, 2.45) is 5.41 Å². The molecular weight excluding hydrogens is 256 g/mol. The van der Waals surface area contributed by atoms with Crippen LogP contribution >= 0.6 is 0 Å². The second-order valence-electron chi connectivity index (χ2n) is 6.79. The number of carboxylic acid groups (broad SMARTS) is 1. The van der Waals surface area contributed by atoms with Crippen molar-refractivity contribution in [3.8, 4) is 0 Å². The minimum Gasteiger partial charge on any atom is -0.481 e. The van der Waals surface area contributed by atoms with Crippen LogP contribution in [0.25, 0.3) is 0 Å². The van der Waals surface area contributed by atoms with Crippen molar-refractivity contribution in [1.29, 1.82) is 0 Å². The summed E-state index contributed by atoms with van der Waals surface area (Å²) in [6, 6.07) is 0.421. The molecule has 0 aliphatic carbocycles. The number of hydrogen-bond acceptors (Lipinski definition) is 3. The molecule has 0 radical (unpaired) electrons. The van der Waals surface area contributed by atoms with Crippen LogP contribution in [0.4, 0.5) is 0 Å². The second-order valence-corrected chi connectivity index (χ2v) is 6.79. The molecule has 3 N–H and O–H groups in total. The van der Waals surface area contributed by atoms with Gasteiger partial charge in [-0.2, -0.15) is 0 Å². The lowest BCUT2D eigenvalue weighted by Gasteiger charge is -2.39. The SMILES string of the molecule is CC(C)(NC(=O)CCC1CCCCN1)C(C)(C)C(=O)O. The lowest BCUT2D eigenvalue weighted by atomic mass is 9.74. The molecule has 1 fully saturated rings. The predicted octanol–water partition coefficient (Wildman–Crippen LogP) is 1.91. The van der Waals surface area contributed by atoms with Gasteiger partial charge < -0.3 is 15.7 Å². The summed E-state index contributed by atoms with van der Waals surface area (Å²) in [6.07, 6.45) is 4.81. The van der Waals surface area contributed by atoms with Gasteiger partial charge in [-0.1, -0.05) is 6.42 Å². The molecule has 0 saturated carbocycles. The van der Waals surface area contributed by atoms with Crippen LogP contribution in [0.3, 0.4) is 0 Å². The molecule has 0 aromatic carbocycles. The number of amides is 1. The van der Waals surface area contributed by atoms with Crippen LogP contribution in [0.15, 0.2) is 0 Å². The lowest BCUT2D eigenvalue weighted by Crippen LogP contribution is -2.57. The number of carboxylic acids is 1. The second kappa shape index (κ2) is 6.57. The molecule has 116 valence electrons. The minimum atomic E-state index is -1.01. The monoisotopic (exact) mass is 284 g/mol. The Kier molecular flexibility index (Phi) is 5.57. The van der Waals surface area contributed by atoms with Gasteiger partial charge in [-0.05, 0) is 53.5 Å². The van der Waals surface area contributed by atoms with E-state index in [0.29, 0.717) is 12.5 Å². The van der Waals surface area contributed by atoms with Crippen LogP contribution in [-0.4, -0.2) is 35.1 Å². The highest BCUT2D eigenvalue weighted by atomic mass is 16.4. The maximum absolute atomic E-state index is 12.0. The Morgan fingerprint density at radius 2 is 1.90 bits per heavy atom. The molecular formula is C15H28N2O3. The van der Waals surface area contributed by atoms with Crippen LogP contribution < -0.4 is 10.6 Å². The van der Waals surface area contributed by atoms with Crippen LogP contribution in [0.5, 0.6) is 0 Å². The van der Waals surface area contributed by atoms with Gasteiger partial charge in [-0.25, -0.2) is 0 Å². The average molecular weight is 284 g/mol. The van der Waals surface area contributed by atoms with E-state index in [1.807, 2.05) is 0 Å². The third-order valence-corrected chi connectivity index (χ3v) is 4.68. The van der Waals surface area contributed by atoms with E-state index in [-0.39, 0.29) is 5.91 Å². The quantitative estimate of drug-likeness (QED) is 0.696. The summed E-state index contributed by atoms with van der Waals surface area (Å²) >= 11 is 0. The van der Waals surface area contributed by atoms with E-state index in [1.165, 1.54) is 12.8 Å².